The van der Waals surface area contributed by atoms with E-state index in [4.69, 9.17) is 0 Å². The lowest BCUT2D eigenvalue weighted by Gasteiger charge is -2.04. The van der Waals surface area contributed by atoms with Crippen LogP contribution in [0.25, 0.3) is 11.5 Å². The molecule has 0 aliphatic carbocycles. The van der Waals surface area contributed by atoms with E-state index in [-0.39, 0.29) is 17.1 Å². The summed E-state index contributed by atoms with van der Waals surface area (Å²) in [4.78, 5) is 11.6. The minimum atomic E-state index is -2.57. The van der Waals surface area contributed by atoms with Crippen molar-refractivity contribution in [2.45, 2.75) is 20.3 Å². The highest BCUT2D eigenvalue weighted by molar-refractivity contribution is 5.54. The summed E-state index contributed by atoms with van der Waals surface area (Å²) in [5.41, 5.74) is -0.0169. The number of rotatable bonds is 2. The van der Waals surface area contributed by atoms with Crippen LogP contribution in [0.4, 0.5) is 8.78 Å². The molecule has 2 heterocycles. The summed E-state index contributed by atoms with van der Waals surface area (Å²) in [7, 11) is 0. The van der Waals surface area contributed by atoms with Gasteiger partial charge in [-0.1, -0.05) is 13.8 Å². The van der Waals surface area contributed by atoms with Crippen LogP contribution in [0, 0.1) is 0 Å². The first-order valence-electron chi connectivity index (χ1n) is 5.29. The summed E-state index contributed by atoms with van der Waals surface area (Å²) in [6.45, 7) is 4.00. The maximum atomic E-state index is 12.6. The average Bonchev–Trinajstić information content (AvgIpc) is 2.42. The Labute approximate surface area is 98.6 Å². The Bertz CT molecular complexity index is 447. The van der Waals surface area contributed by atoms with Crippen LogP contribution in [0.3, 0.4) is 0 Å². The number of aromatic nitrogens is 3. The fourth-order valence-corrected chi connectivity index (χ4v) is 1.20. The largest absolute Gasteiger partial charge is 0.266 e. The third kappa shape index (κ3) is 3.27. The number of halogens is 2. The van der Waals surface area contributed by atoms with Crippen LogP contribution in [0.15, 0.2) is 36.8 Å². The Hall–Kier alpha value is -1.91. The van der Waals surface area contributed by atoms with E-state index in [0.717, 1.165) is 0 Å². The second-order valence-electron chi connectivity index (χ2n) is 2.81. The van der Waals surface area contributed by atoms with Crippen molar-refractivity contribution in [1.82, 2.24) is 15.0 Å². The Balaban J connectivity index is 0.000000686. The first kappa shape index (κ1) is 13.2. The van der Waals surface area contributed by atoms with Crippen LogP contribution in [0.5, 0.6) is 0 Å². The van der Waals surface area contributed by atoms with E-state index in [2.05, 4.69) is 15.0 Å². The molecule has 0 aliphatic heterocycles. The maximum absolute atomic E-state index is 12.6. The summed E-state index contributed by atoms with van der Waals surface area (Å²) in [5, 5.41) is 0. The Morgan fingerprint density at radius 3 is 2.12 bits per heavy atom. The molecule has 0 bridgehead atoms. The molecule has 0 unspecified atom stereocenters. The molecule has 90 valence electrons. The molecule has 0 aliphatic rings. The standard InChI is InChI=1S/C10H7F2N3.C2H6/c11-9(12)7-3-1-4-13-8(7)10-14-5-2-6-15-10;1-2/h1-6,9H;1-2H3. The van der Waals surface area contributed by atoms with Crippen molar-refractivity contribution >= 4 is 0 Å². The van der Waals surface area contributed by atoms with Crippen LogP contribution in [0.2, 0.25) is 0 Å². The van der Waals surface area contributed by atoms with Crippen molar-refractivity contribution in [2.75, 3.05) is 0 Å². The number of pyridine rings is 1. The summed E-state index contributed by atoms with van der Waals surface area (Å²) < 4.78 is 25.2. The van der Waals surface area contributed by atoms with Crippen LogP contribution >= 0.6 is 0 Å². The van der Waals surface area contributed by atoms with Gasteiger partial charge in [0.05, 0.1) is 0 Å². The van der Waals surface area contributed by atoms with Gasteiger partial charge in [-0.15, -0.1) is 0 Å². The average molecular weight is 237 g/mol. The Kier molecular flexibility index (Phi) is 5.13. The zero-order chi connectivity index (χ0) is 12.7. The summed E-state index contributed by atoms with van der Waals surface area (Å²) >= 11 is 0. The Morgan fingerprint density at radius 1 is 0.941 bits per heavy atom. The van der Waals surface area contributed by atoms with Gasteiger partial charge in [0.2, 0.25) is 0 Å². The van der Waals surface area contributed by atoms with Gasteiger partial charge in [-0.05, 0) is 18.2 Å². The lowest BCUT2D eigenvalue weighted by atomic mass is 10.2. The second kappa shape index (κ2) is 6.62. The maximum Gasteiger partial charge on any atom is 0.266 e. The SMILES string of the molecule is CC.FC(F)c1cccnc1-c1ncccn1. The highest BCUT2D eigenvalue weighted by Gasteiger charge is 2.16. The third-order valence-corrected chi connectivity index (χ3v) is 1.85. The fraction of sp³-hybridized carbons (Fsp3) is 0.250. The highest BCUT2D eigenvalue weighted by Crippen LogP contribution is 2.26. The smallest absolute Gasteiger partial charge is 0.252 e. The quantitative estimate of drug-likeness (QED) is 0.802. The topological polar surface area (TPSA) is 38.7 Å². The summed E-state index contributed by atoms with van der Waals surface area (Å²) in [6, 6.07) is 4.41. The van der Waals surface area contributed by atoms with Crippen molar-refractivity contribution in [3.05, 3.63) is 42.4 Å². The molecule has 0 saturated carbocycles. The van der Waals surface area contributed by atoms with Gasteiger partial charge >= 0.3 is 0 Å². The molecule has 0 spiro atoms. The lowest BCUT2D eigenvalue weighted by molar-refractivity contribution is 0.151. The summed E-state index contributed by atoms with van der Waals surface area (Å²) in [5.74, 6) is 0.216. The van der Waals surface area contributed by atoms with Gasteiger partial charge in [0.1, 0.15) is 5.69 Å². The predicted molar refractivity (Wildman–Crippen MR) is 61.6 cm³/mol. The number of hydrogen-bond acceptors (Lipinski definition) is 3. The fourth-order valence-electron chi connectivity index (χ4n) is 1.20. The van der Waals surface area contributed by atoms with E-state index in [0.29, 0.717) is 0 Å². The molecule has 0 N–H and O–H groups in total. The van der Waals surface area contributed by atoms with E-state index in [1.807, 2.05) is 13.8 Å². The van der Waals surface area contributed by atoms with Gasteiger partial charge in [-0.25, -0.2) is 18.7 Å². The van der Waals surface area contributed by atoms with Crippen molar-refractivity contribution < 1.29 is 8.78 Å². The Morgan fingerprint density at radius 2 is 1.53 bits per heavy atom. The molecule has 0 atom stereocenters. The van der Waals surface area contributed by atoms with Gasteiger partial charge in [0, 0.05) is 24.2 Å². The van der Waals surface area contributed by atoms with Crippen LogP contribution in [-0.2, 0) is 0 Å². The number of nitrogens with zero attached hydrogens (tertiary/aromatic N) is 3. The number of hydrogen-bond donors (Lipinski definition) is 0. The van der Waals surface area contributed by atoms with E-state index >= 15 is 0 Å². The monoisotopic (exact) mass is 237 g/mol. The molecule has 0 radical (unpaired) electrons. The van der Waals surface area contributed by atoms with Crippen molar-refractivity contribution in [1.29, 1.82) is 0 Å². The van der Waals surface area contributed by atoms with Gasteiger partial charge in [-0.2, -0.15) is 0 Å². The van der Waals surface area contributed by atoms with Gasteiger partial charge < -0.3 is 0 Å². The predicted octanol–water partition coefficient (Wildman–Crippen LogP) is 3.50. The highest BCUT2D eigenvalue weighted by atomic mass is 19.3. The van der Waals surface area contributed by atoms with Crippen LogP contribution in [0.1, 0.15) is 25.8 Å². The molecule has 3 nitrogen and oxygen atoms in total. The minimum Gasteiger partial charge on any atom is -0.252 e. The summed E-state index contributed by atoms with van der Waals surface area (Å²) in [6.07, 6.45) is 1.85. The molecular formula is C12H13F2N3. The molecule has 2 aromatic rings. The van der Waals surface area contributed by atoms with Crippen LogP contribution in [-0.4, -0.2) is 15.0 Å². The molecule has 2 aromatic heterocycles. The molecule has 0 saturated heterocycles. The first-order valence-corrected chi connectivity index (χ1v) is 5.29. The molecule has 2 rings (SSSR count). The lowest BCUT2D eigenvalue weighted by Crippen LogP contribution is -1.96. The van der Waals surface area contributed by atoms with Crippen molar-refractivity contribution in [3.63, 3.8) is 0 Å². The van der Waals surface area contributed by atoms with Gasteiger partial charge in [-0.3, -0.25) is 4.98 Å². The molecule has 0 aromatic carbocycles. The minimum absolute atomic E-state index is 0.133. The number of alkyl halides is 2. The van der Waals surface area contributed by atoms with E-state index in [1.165, 1.54) is 30.7 Å². The third-order valence-electron chi connectivity index (χ3n) is 1.85. The zero-order valence-corrected chi connectivity index (χ0v) is 9.64. The molecular weight excluding hydrogens is 224 g/mol. The van der Waals surface area contributed by atoms with E-state index < -0.39 is 6.43 Å². The second-order valence-corrected chi connectivity index (χ2v) is 2.81. The normalized spacial score (nSPS) is 9.71. The zero-order valence-electron chi connectivity index (χ0n) is 9.64. The van der Waals surface area contributed by atoms with Gasteiger partial charge in [0.25, 0.3) is 6.43 Å². The van der Waals surface area contributed by atoms with E-state index in [1.54, 1.807) is 6.07 Å². The molecule has 0 fully saturated rings. The van der Waals surface area contributed by atoms with Crippen LogP contribution < -0.4 is 0 Å². The molecule has 0 amide bonds. The first-order chi connectivity index (χ1) is 8.29. The van der Waals surface area contributed by atoms with Crippen molar-refractivity contribution in [3.8, 4) is 11.5 Å². The van der Waals surface area contributed by atoms with E-state index in [9.17, 15) is 8.78 Å². The molecule has 5 heteroatoms. The van der Waals surface area contributed by atoms with Gasteiger partial charge in [0.15, 0.2) is 5.82 Å². The molecule has 17 heavy (non-hydrogen) atoms. The van der Waals surface area contributed by atoms with Crippen molar-refractivity contribution in [2.24, 2.45) is 0 Å².